The number of fused-ring (bicyclic) bond motifs is 1. The molecule has 5 nitrogen and oxygen atoms in total. The van der Waals surface area contributed by atoms with E-state index < -0.39 is 12.7 Å². The minimum atomic E-state index is -4.18. The maximum absolute atomic E-state index is 12.4. The molecule has 2 aromatic heterocycles. The van der Waals surface area contributed by atoms with Crippen LogP contribution in [0.4, 0.5) is 19.0 Å². The molecule has 1 aromatic carbocycles. The largest absolute Gasteiger partial charge is 0.401 e. The van der Waals surface area contributed by atoms with Gasteiger partial charge in [0, 0.05) is 29.9 Å². The third kappa shape index (κ3) is 5.37. The quantitative estimate of drug-likeness (QED) is 0.633. The highest BCUT2D eigenvalue weighted by Gasteiger charge is 2.28. The molecular weight excluding hydrogens is 355 g/mol. The van der Waals surface area contributed by atoms with Gasteiger partial charge in [0.2, 0.25) is 0 Å². The van der Waals surface area contributed by atoms with E-state index in [2.05, 4.69) is 20.3 Å². The Balaban J connectivity index is 1.72. The molecule has 142 valence electrons. The molecular formula is C19H20F3N5. The second kappa shape index (κ2) is 8.30. The van der Waals surface area contributed by atoms with Gasteiger partial charge in [-0.1, -0.05) is 12.1 Å². The Morgan fingerprint density at radius 2 is 1.78 bits per heavy atom. The summed E-state index contributed by atoms with van der Waals surface area (Å²) in [6.45, 7) is -0.0542. The summed E-state index contributed by atoms with van der Waals surface area (Å²) in [6.07, 6.45) is -0.255. The van der Waals surface area contributed by atoms with Gasteiger partial charge in [0.1, 0.15) is 5.82 Å². The van der Waals surface area contributed by atoms with Crippen molar-refractivity contribution in [2.75, 3.05) is 32.0 Å². The summed E-state index contributed by atoms with van der Waals surface area (Å²) in [7, 11) is 1.47. The lowest BCUT2D eigenvalue weighted by Crippen LogP contribution is -2.32. The van der Waals surface area contributed by atoms with Crippen LogP contribution in [0, 0.1) is 0 Å². The summed E-state index contributed by atoms with van der Waals surface area (Å²) in [5, 5.41) is 4.12. The van der Waals surface area contributed by atoms with Gasteiger partial charge in [0.05, 0.1) is 12.1 Å². The summed E-state index contributed by atoms with van der Waals surface area (Å²) in [6, 6.07) is 11.3. The highest BCUT2D eigenvalue weighted by molar-refractivity contribution is 5.90. The Hall–Kier alpha value is -2.74. The maximum atomic E-state index is 12.4. The molecule has 0 aliphatic carbocycles. The van der Waals surface area contributed by atoms with Gasteiger partial charge < -0.3 is 5.32 Å². The number of pyridine rings is 1. The van der Waals surface area contributed by atoms with Crippen LogP contribution in [0.3, 0.4) is 0 Å². The number of para-hydroxylation sites is 1. The number of nitrogens with one attached hydrogen (secondary N) is 1. The molecule has 2 heterocycles. The zero-order chi connectivity index (χ0) is 19.3. The van der Waals surface area contributed by atoms with Crippen LogP contribution < -0.4 is 5.32 Å². The van der Waals surface area contributed by atoms with Crippen molar-refractivity contribution in [3.8, 4) is 11.4 Å². The van der Waals surface area contributed by atoms with Crippen molar-refractivity contribution in [3.63, 3.8) is 0 Å². The molecule has 0 radical (unpaired) electrons. The van der Waals surface area contributed by atoms with Crippen LogP contribution in [0.5, 0.6) is 0 Å². The van der Waals surface area contributed by atoms with E-state index in [-0.39, 0.29) is 0 Å². The van der Waals surface area contributed by atoms with Crippen molar-refractivity contribution in [1.29, 1.82) is 0 Å². The van der Waals surface area contributed by atoms with Crippen LogP contribution in [0.2, 0.25) is 0 Å². The third-order valence-corrected chi connectivity index (χ3v) is 4.00. The Labute approximate surface area is 155 Å². The Morgan fingerprint density at radius 1 is 1.04 bits per heavy atom. The maximum Gasteiger partial charge on any atom is 0.401 e. The van der Waals surface area contributed by atoms with Crippen LogP contribution in [-0.2, 0) is 0 Å². The second-order valence-corrected chi connectivity index (χ2v) is 6.28. The predicted octanol–water partition coefficient (Wildman–Crippen LogP) is 3.99. The van der Waals surface area contributed by atoms with Crippen molar-refractivity contribution >= 4 is 16.7 Å². The number of nitrogens with zero attached hydrogens (tertiary/aromatic N) is 4. The summed E-state index contributed by atoms with van der Waals surface area (Å²) < 4.78 is 37.1. The first-order valence-corrected chi connectivity index (χ1v) is 8.59. The molecule has 0 spiro atoms. The fraction of sp³-hybridized carbons (Fsp3) is 0.316. The molecule has 0 saturated heterocycles. The summed E-state index contributed by atoms with van der Waals surface area (Å²) >= 11 is 0. The Kier molecular flexibility index (Phi) is 5.85. The average Bonchev–Trinajstić information content (AvgIpc) is 2.64. The highest BCUT2D eigenvalue weighted by Crippen LogP contribution is 2.24. The SMILES string of the molecule is CN(CCCNc1nc(-c2ccncc2)nc2ccccc12)CC(F)(F)F. The van der Waals surface area contributed by atoms with Crippen molar-refractivity contribution in [1.82, 2.24) is 19.9 Å². The number of halogens is 3. The number of hydrogen-bond acceptors (Lipinski definition) is 5. The number of rotatable bonds is 7. The van der Waals surface area contributed by atoms with Crippen LogP contribution in [0.15, 0.2) is 48.8 Å². The minimum Gasteiger partial charge on any atom is -0.369 e. The first-order valence-electron chi connectivity index (χ1n) is 8.59. The predicted molar refractivity (Wildman–Crippen MR) is 99.4 cm³/mol. The highest BCUT2D eigenvalue weighted by atomic mass is 19.4. The molecule has 0 atom stereocenters. The van der Waals surface area contributed by atoms with Crippen molar-refractivity contribution < 1.29 is 13.2 Å². The topological polar surface area (TPSA) is 53.9 Å². The van der Waals surface area contributed by atoms with Gasteiger partial charge in [-0.05, 0) is 44.3 Å². The van der Waals surface area contributed by atoms with E-state index in [9.17, 15) is 13.2 Å². The van der Waals surface area contributed by atoms with E-state index in [0.717, 1.165) is 16.5 Å². The lowest BCUT2D eigenvalue weighted by Gasteiger charge is -2.18. The lowest BCUT2D eigenvalue weighted by molar-refractivity contribution is -0.142. The molecule has 0 fully saturated rings. The van der Waals surface area contributed by atoms with Gasteiger partial charge in [-0.3, -0.25) is 9.88 Å². The normalized spacial score (nSPS) is 11.9. The van der Waals surface area contributed by atoms with E-state index >= 15 is 0 Å². The van der Waals surface area contributed by atoms with E-state index in [1.807, 2.05) is 36.4 Å². The molecule has 3 aromatic rings. The first kappa shape index (κ1) is 19.0. The molecule has 0 aliphatic heterocycles. The molecule has 0 aliphatic rings. The molecule has 0 saturated carbocycles. The fourth-order valence-electron chi connectivity index (χ4n) is 2.78. The smallest absolute Gasteiger partial charge is 0.369 e. The number of benzene rings is 1. The van der Waals surface area contributed by atoms with Crippen LogP contribution in [-0.4, -0.2) is 52.7 Å². The molecule has 0 bridgehead atoms. The Morgan fingerprint density at radius 3 is 2.52 bits per heavy atom. The molecule has 0 amide bonds. The minimum absolute atomic E-state index is 0.340. The monoisotopic (exact) mass is 375 g/mol. The van der Waals surface area contributed by atoms with Crippen molar-refractivity contribution in [3.05, 3.63) is 48.8 Å². The van der Waals surface area contributed by atoms with Crippen LogP contribution in [0.25, 0.3) is 22.3 Å². The van der Waals surface area contributed by atoms with E-state index in [4.69, 9.17) is 0 Å². The zero-order valence-electron chi connectivity index (χ0n) is 14.9. The van der Waals surface area contributed by atoms with Crippen molar-refractivity contribution in [2.24, 2.45) is 0 Å². The molecule has 27 heavy (non-hydrogen) atoms. The van der Waals surface area contributed by atoms with E-state index in [1.54, 1.807) is 12.4 Å². The van der Waals surface area contributed by atoms with Crippen LogP contribution >= 0.6 is 0 Å². The van der Waals surface area contributed by atoms with Gasteiger partial charge >= 0.3 is 6.18 Å². The fourth-order valence-corrected chi connectivity index (χ4v) is 2.78. The standard InChI is InChI=1S/C19H20F3N5/c1-27(13-19(20,21)22)12-4-9-24-18-15-5-2-3-6-16(15)25-17(26-18)14-7-10-23-11-8-14/h2-3,5-8,10-11H,4,9,12-13H2,1H3,(H,24,25,26). The number of aromatic nitrogens is 3. The van der Waals surface area contributed by atoms with Gasteiger partial charge in [-0.2, -0.15) is 13.2 Å². The Bertz CT molecular complexity index is 883. The van der Waals surface area contributed by atoms with Gasteiger partial charge in [0.15, 0.2) is 5.82 Å². The van der Waals surface area contributed by atoms with Gasteiger partial charge in [-0.25, -0.2) is 9.97 Å². The molecule has 1 N–H and O–H groups in total. The molecule has 0 unspecified atom stereocenters. The summed E-state index contributed by atoms with van der Waals surface area (Å²) in [5.41, 5.74) is 1.65. The second-order valence-electron chi connectivity index (χ2n) is 6.28. The number of alkyl halides is 3. The number of hydrogen-bond donors (Lipinski definition) is 1. The third-order valence-electron chi connectivity index (χ3n) is 4.00. The van der Waals surface area contributed by atoms with Gasteiger partial charge in [0.25, 0.3) is 0 Å². The van der Waals surface area contributed by atoms with E-state index in [0.29, 0.717) is 31.2 Å². The van der Waals surface area contributed by atoms with Crippen molar-refractivity contribution in [2.45, 2.75) is 12.6 Å². The van der Waals surface area contributed by atoms with Gasteiger partial charge in [-0.15, -0.1) is 0 Å². The van der Waals surface area contributed by atoms with Crippen LogP contribution in [0.1, 0.15) is 6.42 Å². The average molecular weight is 375 g/mol. The first-order chi connectivity index (χ1) is 12.9. The summed E-state index contributed by atoms with van der Waals surface area (Å²) in [5.74, 6) is 1.25. The van der Waals surface area contributed by atoms with E-state index in [1.165, 1.54) is 11.9 Å². The zero-order valence-corrected chi connectivity index (χ0v) is 14.9. The number of anilines is 1. The molecule has 8 heteroatoms. The molecule has 3 rings (SSSR count). The summed E-state index contributed by atoms with van der Waals surface area (Å²) in [4.78, 5) is 14.5. The lowest BCUT2D eigenvalue weighted by atomic mass is 10.2.